The minimum Gasteiger partial charge on any atom is -0.456 e. The summed E-state index contributed by atoms with van der Waals surface area (Å²) in [6.07, 6.45) is 4.23. The van der Waals surface area contributed by atoms with Gasteiger partial charge in [0, 0.05) is 62.5 Å². The Labute approximate surface area is 315 Å². The molecule has 2 aromatic carbocycles. The zero-order valence-electron chi connectivity index (χ0n) is 31.9. The van der Waals surface area contributed by atoms with E-state index < -0.39 is 17.5 Å². The summed E-state index contributed by atoms with van der Waals surface area (Å²) in [5, 5.41) is 4.39. The molecule has 4 fully saturated rings. The van der Waals surface area contributed by atoms with Crippen LogP contribution in [0.25, 0.3) is 0 Å². The molecule has 3 heterocycles. The predicted molar refractivity (Wildman–Crippen MR) is 195 cm³/mol. The number of carbonyl (C=O) groups is 3. The number of rotatable bonds is 10. The van der Waals surface area contributed by atoms with Crippen molar-refractivity contribution in [2.75, 3.05) is 32.8 Å². The number of esters is 1. The summed E-state index contributed by atoms with van der Waals surface area (Å²) in [4.78, 5) is 44.7. The second-order valence-corrected chi connectivity index (χ2v) is 17.8. The largest absolute Gasteiger partial charge is 0.456 e. The van der Waals surface area contributed by atoms with Crippen molar-refractivity contribution in [1.29, 1.82) is 0 Å². The Morgan fingerprint density at radius 3 is 2.28 bits per heavy atom. The van der Waals surface area contributed by atoms with Crippen molar-refractivity contribution in [2.24, 2.45) is 22.7 Å². The molecule has 2 aliphatic heterocycles. The number of hydrogen-bond donors (Lipinski definition) is 0. The first-order valence-electron chi connectivity index (χ1n) is 19.1. The summed E-state index contributed by atoms with van der Waals surface area (Å²) in [5.74, 6) is -3.77. The van der Waals surface area contributed by atoms with Crippen LogP contribution >= 0.6 is 0 Å². The molecule has 2 atom stereocenters. The van der Waals surface area contributed by atoms with Crippen molar-refractivity contribution in [1.82, 2.24) is 19.6 Å². The van der Waals surface area contributed by atoms with Gasteiger partial charge in [0.2, 0.25) is 11.8 Å². The van der Waals surface area contributed by atoms with E-state index in [9.17, 15) is 27.6 Å². The Morgan fingerprint density at radius 1 is 0.963 bits per heavy atom. The highest BCUT2D eigenvalue weighted by molar-refractivity contribution is 5.94. The number of amides is 2. The third kappa shape index (κ3) is 8.09. The number of ether oxygens (including phenoxy) is 2. The number of halogens is 3. The highest BCUT2D eigenvalue weighted by atomic mass is 19.3. The van der Waals surface area contributed by atoms with Gasteiger partial charge >= 0.3 is 5.97 Å². The number of aromatic nitrogens is 2. The number of alkyl halides is 2. The highest BCUT2D eigenvalue weighted by Crippen LogP contribution is 2.55. The van der Waals surface area contributed by atoms with E-state index in [4.69, 9.17) is 9.47 Å². The van der Waals surface area contributed by atoms with Crippen molar-refractivity contribution < 1.29 is 37.0 Å². The third-order valence-electron chi connectivity index (χ3n) is 11.9. The van der Waals surface area contributed by atoms with Crippen LogP contribution < -0.4 is 0 Å². The molecule has 9 nitrogen and oxygen atoms in total. The van der Waals surface area contributed by atoms with Crippen LogP contribution in [0, 0.1) is 28.5 Å². The maximum atomic E-state index is 14.1. The Balaban J connectivity index is 1.07. The minimum absolute atomic E-state index is 0.00692. The first kappa shape index (κ1) is 38.1. The smallest absolute Gasteiger partial charge is 0.339 e. The van der Waals surface area contributed by atoms with E-state index in [1.807, 2.05) is 28.0 Å². The lowest BCUT2D eigenvalue weighted by molar-refractivity contribution is -0.148. The topological polar surface area (TPSA) is 94.0 Å². The molecule has 1 spiro atoms. The molecule has 2 aliphatic carbocycles. The third-order valence-corrected chi connectivity index (χ3v) is 11.9. The van der Waals surface area contributed by atoms with Gasteiger partial charge in [0.1, 0.15) is 11.4 Å². The average molecular weight is 749 g/mol. The molecule has 1 unspecified atom stereocenters. The van der Waals surface area contributed by atoms with Crippen LogP contribution in [0.4, 0.5) is 13.2 Å². The Hall–Kier alpha value is -4.19. The van der Waals surface area contributed by atoms with Crippen LogP contribution in [0.5, 0.6) is 0 Å². The van der Waals surface area contributed by atoms with Crippen molar-refractivity contribution in [3.63, 3.8) is 0 Å². The highest BCUT2D eigenvalue weighted by Gasteiger charge is 2.60. The number of hydrogen-bond acceptors (Lipinski definition) is 6. The molecule has 3 aromatic rings. The fraction of sp³-hybridized carbons (Fsp3) is 0.571. The van der Waals surface area contributed by atoms with Crippen molar-refractivity contribution in [3.8, 4) is 0 Å². The van der Waals surface area contributed by atoms with E-state index in [2.05, 4.69) is 18.9 Å². The van der Waals surface area contributed by atoms with Crippen molar-refractivity contribution in [2.45, 2.75) is 97.3 Å². The molecule has 0 N–H and O–H groups in total. The Kier molecular flexibility index (Phi) is 9.98. The summed E-state index contributed by atoms with van der Waals surface area (Å²) in [5.41, 5.74) is 1.93. The molecule has 2 saturated heterocycles. The predicted octanol–water partition coefficient (Wildman–Crippen LogP) is 7.48. The molecule has 2 amide bonds. The van der Waals surface area contributed by atoms with Gasteiger partial charge in [0.05, 0.1) is 37.1 Å². The van der Waals surface area contributed by atoms with Crippen LogP contribution in [-0.4, -0.2) is 81.7 Å². The second-order valence-electron chi connectivity index (χ2n) is 17.8. The van der Waals surface area contributed by atoms with Gasteiger partial charge in [-0.15, -0.1) is 0 Å². The van der Waals surface area contributed by atoms with E-state index in [0.29, 0.717) is 55.0 Å². The Morgan fingerprint density at radius 2 is 1.63 bits per heavy atom. The van der Waals surface area contributed by atoms with E-state index >= 15 is 0 Å². The molecule has 2 saturated carbocycles. The summed E-state index contributed by atoms with van der Waals surface area (Å²) >= 11 is 0. The van der Waals surface area contributed by atoms with Crippen molar-refractivity contribution >= 4 is 17.8 Å². The fourth-order valence-corrected chi connectivity index (χ4v) is 8.60. The molecule has 1 aromatic heterocycles. The van der Waals surface area contributed by atoms with Gasteiger partial charge < -0.3 is 19.3 Å². The fourth-order valence-electron chi connectivity index (χ4n) is 8.60. The molecule has 12 heteroatoms. The van der Waals surface area contributed by atoms with E-state index in [-0.39, 0.29) is 85.1 Å². The first-order valence-corrected chi connectivity index (χ1v) is 19.1. The SMILES string of the molecule is CC(C)(C)OC(=O)c1c(COCC2CN(C(=O)c3cnn(Cc4ccc(F)cc4)c3)CC23CN(C(=O)[C@H]2CC2(C)C)C3)cccc1C1CCC(F)(F)CC1. The van der Waals surface area contributed by atoms with E-state index in [1.54, 1.807) is 50.0 Å². The van der Waals surface area contributed by atoms with Gasteiger partial charge in [0.15, 0.2) is 0 Å². The van der Waals surface area contributed by atoms with E-state index in [1.165, 1.54) is 12.1 Å². The first-order chi connectivity index (χ1) is 25.4. The van der Waals surface area contributed by atoms with Crippen LogP contribution in [0.15, 0.2) is 54.9 Å². The molecule has 290 valence electrons. The molecule has 54 heavy (non-hydrogen) atoms. The van der Waals surface area contributed by atoms with Gasteiger partial charge in [-0.2, -0.15) is 5.10 Å². The lowest BCUT2D eigenvalue weighted by atomic mass is 9.71. The number of carbonyl (C=O) groups excluding carboxylic acids is 3. The second kappa shape index (κ2) is 14.1. The molecular formula is C42H51F3N4O5. The quantitative estimate of drug-likeness (QED) is 0.200. The van der Waals surface area contributed by atoms with Gasteiger partial charge in [0.25, 0.3) is 5.91 Å². The molecular weight excluding hydrogens is 697 g/mol. The minimum atomic E-state index is -2.70. The van der Waals surface area contributed by atoms with Gasteiger partial charge in [-0.05, 0) is 80.2 Å². The van der Waals surface area contributed by atoms with Gasteiger partial charge in [-0.1, -0.05) is 44.2 Å². The Bertz CT molecular complexity index is 1890. The van der Waals surface area contributed by atoms with Crippen LogP contribution in [0.1, 0.15) is 110 Å². The zero-order valence-corrected chi connectivity index (χ0v) is 31.9. The molecule has 4 aliphatic rings. The summed E-state index contributed by atoms with van der Waals surface area (Å²) in [6, 6.07) is 11.7. The van der Waals surface area contributed by atoms with Gasteiger partial charge in [-0.25, -0.2) is 18.0 Å². The van der Waals surface area contributed by atoms with E-state index in [0.717, 1.165) is 12.0 Å². The summed E-state index contributed by atoms with van der Waals surface area (Å²) in [6.45, 7) is 12.3. The monoisotopic (exact) mass is 748 g/mol. The van der Waals surface area contributed by atoms with Gasteiger partial charge in [-0.3, -0.25) is 14.3 Å². The summed E-state index contributed by atoms with van der Waals surface area (Å²) in [7, 11) is 0. The number of likely N-dealkylation sites (tertiary alicyclic amines) is 2. The molecule has 7 rings (SSSR count). The van der Waals surface area contributed by atoms with Crippen molar-refractivity contribution in [3.05, 3.63) is 88.5 Å². The van der Waals surface area contributed by atoms with Crippen LogP contribution in [-0.2, 0) is 27.4 Å². The zero-order chi connectivity index (χ0) is 38.6. The van der Waals surface area contributed by atoms with Crippen LogP contribution in [0.3, 0.4) is 0 Å². The maximum absolute atomic E-state index is 14.1. The molecule has 0 radical (unpaired) electrons. The number of nitrogens with zero attached hydrogens (tertiary/aromatic N) is 4. The standard InChI is InChI=1S/C42H51F3N4O5/c1-39(2,3)54-38(52)35-29(7-6-8-33(35)28-13-15-42(44,45)16-14-28)22-53-23-31-21-47(24-41(31)25-48(26-41)37(51)34-17-40(34,4)5)36(50)30-18-46-49(20-30)19-27-9-11-32(43)12-10-27/h6-12,18,20,28,31,34H,13-17,19,21-26H2,1-5H3/t31?,34-/m1/s1. The normalized spacial score (nSPS) is 23.0. The summed E-state index contributed by atoms with van der Waals surface area (Å²) < 4.78 is 55.5. The molecule has 0 bridgehead atoms. The average Bonchev–Trinajstić information content (AvgIpc) is 3.37. The lowest BCUT2D eigenvalue weighted by Crippen LogP contribution is -2.63. The maximum Gasteiger partial charge on any atom is 0.339 e. The lowest BCUT2D eigenvalue weighted by Gasteiger charge is -2.51. The van der Waals surface area contributed by atoms with Crippen LogP contribution in [0.2, 0.25) is 0 Å². The number of benzene rings is 2.